The van der Waals surface area contributed by atoms with Gasteiger partial charge in [-0.1, -0.05) is 73.8 Å². The van der Waals surface area contributed by atoms with Gasteiger partial charge in [0.2, 0.25) is 6.41 Å². The summed E-state index contributed by atoms with van der Waals surface area (Å²) in [4.78, 5) is 28.0. The number of allylic oxidation sites excluding steroid dienone is 1. The number of imide groups is 1. The molecule has 0 spiro atoms. The highest BCUT2D eigenvalue weighted by atomic mass is 32.2. The second-order valence-electron chi connectivity index (χ2n) is 4.74. The number of likely N-dealkylation sites (N-methyl/N-ethyl adjacent to an activating group) is 1. The molecule has 2 aromatic carbocycles. The Labute approximate surface area is 158 Å². The van der Waals surface area contributed by atoms with Crippen molar-refractivity contribution < 1.29 is 9.59 Å². The Morgan fingerprint density at radius 1 is 0.880 bits per heavy atom. The van der Waals surface area contributed by atoms with E-state index in [1.807, 2.05) is 81.4 Å². The summed E-state index contributed by atoms with van der Waals surface area (Å²) in [7, 11) is 1.47. The lowest BCUT2D eigenvalue weighted by atomic mass is 10.4. The summed E-state index contributed by atoms with van der Waals surface area (Å²) in [6.07, 6.45) is 0.536. The van der Waals surface area contributed by atoms with Gasteiger partial charge in [0.25, 0.3) is 5.91 Å². The lowest BCUT2D eigenvalue weighted by Crippen LogP contribution is -2.26. The molecule has 0 fully saturated rings. The second-order valence-corrected chi connectivity index (χ2v) is 7.11. The van der Waals surface area contributed by atoms with Crippen molar-refractivity contribution in [1.29, 1.82) is 0 Å². The fraction of sp³-hybridized carbons (Fsp3) is 0.200. The van der Waals surface area contributed by atoms with Crippen molar-refractivity contribution in [3.05, 3.63) is 70.5 Å². The number of hydrogen-bond donors (Lipinski definition) is 0. The highest BCUT2D eigenvalue weighted by Gasteiger charge is 2.19. The van der Waals surface area contributed by atoms with Crippen molar-refractivity contribution in [2.45, 2.75) is 30.6 Å². The fourth-order valence-corrected chi connectivity index (χ4v) is 3.77. The maximum absolute atomic E-state index is 12.5. The molecule has 0 N–H and O–H groups in total. The van der Waals surface area contributed by atoms with Gasteiger partial charge in [-0.05, 0) is 31.2 Å². The number of carbonyl (C=O) groups is 2. The third-order valence-corrected chi connectivity index (χ3v) is 5.31. The van der Waals surface area contributed by atoms with Crippen LogP contribution in [-0.4, -0.2) is 24.3 Å². The third-order valence-electron chi connectivity index (χ3n) is 2.97. The molecule has 2 amide bonds. The predicted octanol–water partition coefficient (Wildman–Crippen LogP) is 5.44. The van der Waals surface area contributed by atoms with E-state index < -0.39 is 0 Å². The number of hydrogen-bond acceptors (Lipinski definition) is 4. The molecule has 5 heteroatoms. The van der Waals surface area contributed by atoms with Crippen LogP contribution < -0.4 is 0 Å². The number of thioether (sulfide) groups is 2. The minimum atomic E-state index is -0.296. The zero-order valence-corrected chi connectivity index (χ0v) is 16.6. The Balaban J connectivity index is 0.00000151. The van der Waals surface area contributed by atoms with E-state index in [0.29, 0.717) is 11.3 Å². The van der Waals surface area contributed by atoms with Crippen LogP contribution in [-0.2, 0) is 9.59 Å². The minimum absolute atomic E-state index is 0.296. The highest BCUT2D eigenvalue weighted by Crippen LogP contribution is 2.37. The zero-order chi connectivity index (χ0) is 18.7. The molecule has 0 unspecified atom stereocenters. The van der Waals surface area contributed by atoms with E-state index in [9.17, 15) is 9.59 Å². The summed E-state index contributed by atoms with van der Waals surface area (Å²) in [6.45, 7) is 5.90. The molecular weight excluding hydrogens is 350 g/mol. The number of carbonyl (C=O) groups excluding carboxylic acids is 2. The standard InChI is InChI=1S/C18H17NO2S2.C2H6/c1-14(22-15-9-5-3-6-10-15)17(18(21)19(2)13-20)23-16-11-7-4-8-12-16;1-2/h3-13H,1-2H3;1-2H3/b17-14-;. The number of benzene rings is 2. The summed E-state index contributed by atoms with van der Waals surface area (Å²) >= 11 is 2.90. The Bertz CT molecular complexity index is 700. The van der Waals surface area contributed by atoms with Gasteiger partial charge in [0.15, 0.2) is 0 Å². The molecule has 0 aliphatic heterocycles. The number of nitrogens with zero attached hydrogens (tertiary/aromatic N) is 1. The molecule has 25 heavy (non-hydrogen) atoms. The van der Waals surface area contributed by atoms with Gasteiger partial charge in [0, 0.05) is 21.7 Å². The summed E-state index contributed by atoms with van der Waals surface area (Å²) in [6, 6.07) is 19.5. The highest BCUT2D eigenvalue weighted by molar-refractivity contribution is 8.07. The van der Waals surface area contributed by atoms with Crippen molar-refractivity contribution in [3.8, 4) is 0 Å². The first kappa shape index (κ1) is 21.1. The molecule has 2 aromatic rings. The Hall–Kier alpha value is -1.98. The van der Waals surface area contributed by atoms with E-state index in [4.69, 9.17) is 0 Å². The van der Waals surface area contributed by atoms with Gasteiger partial charge >= 0.3 is 0 Å². The van der Waals surface area contributed by atoms with Crippen LogP contribution >= 0.6 is 23.5 Å². The molecule has 0 saturated carbocycles. The first-order chi connectivity index (χ1) is 12.1. The molecule has 0 heterocycles. The van der Waals surface area contributed by atoms with E-state index >= 15 is 0 Å². The SMILES string of the molecule is C/C(Sc1ccccc1)=C(/Sc1ccccc1)C(=O)N(C)C=O.CC. The number of rotatable bonds is 6. The molecule has 0 aliphatic rings. The average Bonchev–Trinajstić information content (AvgIpc) is 2.68. The Morgan fingerprint density at radius 2 is 1.32 bits per heavy atom. The Morgan fingerprint density at radius 3 is 1.76 bits per heavy atom. The van der Waals surface area contributed by atoms with Gasteiger partial charge in [0.05, 0.1) is 4.91 Å². The van der Waals surface area contributed by atoms with Crippen molar-refractivity contribution in [2.24, 2.45) is 0 Å². The maximum atomic E-state index is 12.5. The van der Waals surface area contributed by atoms with Crippen molar-refractivity contribution in [3.63, 3.8) is 0 Å². The largest absolute Gasteiger partial charge is 0.284 e. The lowest BCUT2D eigenvalue weighted by Gasteiger charge is -2.15. The molecular formula is C20H23NO2S2. The first-order valence-corrected chi connectivity index (χ1v) is 9.64. The lowest BCUT2D eigenvalue weighted by molar-refractivity contribution is -0.133. The van der Waals surface area contributed by atoms with Crippen molar-refractivity contribution >= 4 is 35.8 Å². The van der Waals surface area contributed by atoms with Crippen molar-refractivity contribution in [1.82, 2.24) is 4.90 Å². The summed E-state index contributed by atoms with van der Waals surface area (Å²) < 4.78 is 0. The van der Waals surface area contributed by atoms with Crippen LogP contribution in [0.5, 0.6) is 0 Å². The van der Waals surface area contributed by atoms with Crippen molar-refractivity contribution in [2.75, 3.05) is 7.05 Å². The van der Waals surface area contributed by atoms with E-state index in [2.05, 4.69) is 0 Å². The van der Waals surface area contributed by atoms with Crippen LogP contribution in [0.2, 0.25) is 0 Å². The van der Waals surface area contributed by atoms with Gasteiger partial charge in [0.1, 0.15) is 0 Å². The van der Waals surface area contributed by atoms with Gasteiger partial charge in [-0.25, -0.2) is 0 Å². The molecule has 0 aromatic heterocycles. The smallest absolute Gasteiger partial charge is 0.267 e. The number of amides is 2. The molecule has 3 nitrogen and oxygen atoms in total. The van der Waals surface area contributed by atoms with E-state index in [1.54, 1.807) is 0 Å². The molecule has 132 valence electrons. The minimum Gasteiger partial charge on any atom is -0.284 e. The first-order valence-electron chi connectivity index (χ1n) is 8.01. The van der Waals surface area contributed by atoms with E-state index in [1.165, 1.54) is 30.6 Å². The fourth-order valence-electron chi connectivity index (χ4n) is 1.79. The van der Waals surface area contributed by atoms with Crippen LogP contribution in [0.4, 0.5) is 0 Å². The molecule has 2 rings (SSSR count). The molecule has 0 bridgehead atoms. The third kappa shape index (κ3) is 6.80. The molecule has 0 radical (unpaired) electrons. The van der Waals surface area contributed by atoms with Gasteiger partial charge in [-0.3, -0.25) is 14.5 Å². The van der Waals surface area contributed by atoms with Gasteiger partial charge in [-0.2, -0.15) is 0 Å². The van der Waals surface area contributed by atoms with E-state index in [-0.39, 0.29) is 5.91 Å². The maximum Gasteiger partial charge on any atom is 0.267 e. The monoisotopic (exact) mass is 373 g/mol. The van der Waals surface area contributed by atoms with Crippen LogP contribution in [0.3, 0.4) is 0 Å². The van der Waals surface area contributed by atoms with Crippen LogP contribution in [0, 0.1) is 0 Å². The zero-order valence-electron chi connectivity index (χ0n) is 14.9. The summed E-state index contributed by atoms with van der Waals surface area (Å²) in [5, 5.41) is 0. The van der Waals surface area contributed by atoms with E-state index in [0.717, 1.165) is 19.6 Å². The predicted molar refractivity (Wildman–Crippen MR) is 107 cm³/mol. The summed E-state index contributed by atoms with van der Waals surface area (Å²) in [5.74, 6) is -0.296. The van der Waals surface area contributed by atoms with Crippen LogP contribution in [0.25, 0.3) is 0 Å². The topological polar surface area (TPSA) is 37.4 Å². The average molecular weight is 374 g/mol. The second kappa shape index (κ2) is 11.6. The Kier molecular flexibility index (Phi) is 9.73. The quantitative estimate of drug-likeness (QED) is 0.384. The normalized spacial score (nSPS) is 10.9. The molecule has 0 atom stereocenters. The van der Waals surface area contributed by atoms with Gasteiger partial charge < -0.3 is 0 Å². The summed E-state index contributed by atoms with van der Waals surface area (Å²) in [5.41, 5.74) is 0. The van der Waals surface area contributed by atoms with Gasteiger partial charge in [-0.15, -0.1) is 0 Å². The molecule has 0 saturated heterocycles. The van der Waals surface area contributed by atoms with Crippen LogP contribution in [0.1, 0.15) is 20.8 Å². The molecule has 0 aliphatic carbocycles. The van der Waals surface area contributed by atoms with Crippen LogP contribution in [0.15, 0.2) is 80.3 Å².